The second-order valence-electron chi connectivity index (χ2n) is 4.36. The molecule has 0 spiro atoms. The molecule has 7 heteroatoms. The van der Waals surface area contributed by atoms with Gasteiger partial charge in [-0.1, -0.05) is 17.8 Å². The van der Waals surface area contributed by atoms with Crippen molar-refractivity contribution in [2.75, 3.05) is 0 Å². The summed E-state index contributed by atoms with van der Waals surface area (Å²) in [5.74, 6) is -0.222. The predicted molar refractivity (Wildman–Crippen MR) is 61.1 cm³/mol. The molecular weight excluding hydrogens is 240 g/mol. The van der Waals surface area contributed by atoms with Gasteiger partial charge in [0.05, 0.1) is 5.92 Å². The van der Waals surface area contributed by atoms with Crippen LogP contribution in [0, 0.1) is 12.8 Å². The third-order valence-corrected chi connectivity index (χ3v) is 4.34. The Kier molecular flexibility index (Phi) is 2.36. The van der Waals surface area contributed by atoms with E-state index in [1.807, 2.05) is 6.92 Å². The molecule has 0 aliphatic heterocycles. The fourth-order valence-corrected chi connectivity index (χ4v) is 3.51. The monoisotopic (exact) mass is 252 g/mol. The molecule has 0 amide bonds. The average molecular weight is 252 g/mol. The third-order valence-electron chi connectivity index (χ3n) is 3.31. The molecule has 1 N–H and O–H groups in total. The standard InChI is InChI=1S/C10H12N4O2S/c1-5-11-12-10-14(5)13-8(17-10)6-3-2-4-7(6)9(15)16/h6-7H,2-4H2,1H3,(H,15,16). The van der Waals surface area contributed by atoms with Crippen LogP contribution in [0.5, 0.6) is 0 Å². The zero-order valence-electron chi connectivity index (χ0n) is 9.33. The summed E-state index contributed by atoms with van der Waals surface area (Å²) in [7, 11) is 0. The molecule has 90 valence electrons. The number of hydrogen-bond acceptors (Lipinski definition) is 5. The maximum Gasteiger partial charge on any atom is 0.307 e. The average Bonchev–Trinajstić information content (AvgIpc) is 2.94. The van der Waals surface area contributed by atoms with Gasteiger partial charge in [-0.25, -0.2) is 0 Å². The highest BCUT2D eigenvalue weighted by Crippen LogP contribution is 2.41. The summed E-state index contributed by atoms with van der Waals surface area (Å²) in [4.78, 5) is 11.9. The number of aliphatic carboxylic acids is 1. The van der Waals surface area contributed by atoms with Crippen molar-refractivity contribution in [2.45, 2.75) is 32.1 Å². The Balaban J connectivity index is 2.00. The van der Waals surface area contributed by atoms with Crippen molar-refractivity contribution in [2.24, 2.45) is 5.92 Å². The van der Waals surface area contributed by atoms with Gasteiger partial charge in [0, 0.05) is 5.92 Å². The van der Waals surface area contributed by atoms with Crippen molar-refractivity contribution in [1.29, 1.82) is 0 Å². The van der Waals surface area contributed by atoms with Crippen LogP contribution < -0.4 is 0 Å². The number of aryl methyl sites for hydroxylation is 1. The van der Waals surface area contributed by atoms with Crippen molar-refractivity contribution in [3.8, 4) is 0 Å². The summed E-state index contributed by atoms with van der Waals surface area (Å²) in [6.07, 6.45) is 2.61. The Labute approximate surface area is 101 Å². The van der Waals surface area contributed by atoms with Crippen LogP contribution in [0.2, 0.25) is 0 Å². The molecule has 2 heterocycles. The van der Waals surface area contributed by atoms with Crippen LogP contribution in [-0.2, 0) is 4.79 Å². The van der Waals surface area contributed by atoms with Crippen LogP contribution >= 0.6 is 11.3 Å². The summed E-state index contributed by atoms with van der Waals surface area (Å²) in [5, 5.41) is 22.4. The van der Waals surface area contributed by atoms with Gasteiger partial charge in [0.1, 0.15) is 5.01 Å². The van der Waals surface area contributed by atoms with Gasteiger partial charge in [-0.3, -0.25) is 4.79 Å². The molecule has 2 aromatic heterocycles. The molecule has 1 aliphatic carbocycles. The van der Waals surface area contributed by atoms with Gasteiger partial charge < -0.3 is 5.11 Å². The number of fused-ring (bicyclic) bond motifs is 1. The molecule has 1 fully saturated rings. The van der Waals surface area contributed by atoms with E-state index >= 15 is 0 Å². The molecule has 0 radical (unpaired) electrons. The number of rotatable bonds is 2. The maximum atomic E-state index is 11.1. The molecule has 0 bridgehead atoms. The van der Waals surface area contributed by atoms with Crippen LogP contribution in [-0.4, -0.2) is 30.9 Å². The Morgan fingerprint density at radius 1 is 1.47 bits per heavy atom. The number of aromatic nitrogens is 4. The minimum Gasteiger partial charge on any atom is -0.481 e. The first-order valence-corrected chi connectivity index (χ1v) is 6.40. The molecule has 2 unspecified atom stereocenters. The van der Waals surface area contributed by atoms with Gasteiger partial charge in [-0.2, -0.15) is 9.61 Å². The smallest absolute Gasteiger partial charge is 0.307 e. The number of carboxylic acids is 1. The van der Waals surface area contributed by atoms with E-state index < -0.39 is 5.97 Å². The van der Waals surface area contributed by atoms with E-state index in [4.69, 9.17) is 5.11 Å². The van der Waals surface area contributed by atoms with Crippen molar-refractivity contribution < 1.29 is 9.90 Å². The lowest BCUT2D eigenvalue weighted by atomic mass is 9.97. The Bertz CT molecular complexity index is 576. The number of carboxylic acid groups (broad SMARTS) is 1. The van der Waals surface area contributed by atoms with Gasteiger partial charge in [0.25, 0.3) is 0 Å². The predicted octanol–water partition coefficient (Wildman–Crippen LogP) is 1.46. The summed E-state index contributed by atoms with van der Waals surface area (Å²) in [6.45, 7) is 1.84. The Morgan fingerprint density at radius 2 is 2.29 bits per heavy atom. The molecule has 1 aliphatic rings. The number of nitrogens with zero attached hydrogens (tertiary/aromatic N) is 4. The van der Waals surface area contributed by atoms with E-state index in [0.29, 0.717) is 0 Å². The van der Waals surface area contributed by atoms with Gasteiger partial charge in [0.15, 0.2) is 5.82 Å². The first-order valence-electron chi connectivity index (χ1n) is 5.58. The summed E-state index contributed by atoms with van der Waals surface area (Å²) in [5.41, 5.74) is 0. The van der Waals surface area contributed by atoms with Gasteiger partial charge in [-0.05, 0) is 19.8 Å². The molecule has 6 nitrogen and oxygen atoms in total. The first kappa shape index (κ1) is 10.6. The molecular formula is C10H12N4O2S. The molecule has 2 atom stereocenters. The molecule has 1 saturated carbocycles. The molecule has 2 aromatic rings. The van der Waals surface area contributed by atoms with E-state index in [1.165, 1.54) is 11.3 Å². The largest absolute Gasteiger partial charge is 0.481 e. The first-order chi connectivity index (χ1) is 8.16. The number of hydrogen-bond donors (Lipinski definition) is 1. The van der Waals surface area contributed by atoms with E-state index in [9.17, 15) is 4.79 Å². The van der Waals surface area contributed by atoms with Crippen molar-refractivity contribution in [1.82, 2.24) is 19.8 Å². The highest BCUT2D eigenvalue weighted by molar-refractivity contribution is 7.16. The normalized spacial score (nSPS) is 24.5. The Morgan fingerprint density at radius 3 is 3.00 bits per heavy atom. The SMILES string of the molecule is Cc1nnc2sc(C3CCCC3C(=O)O)nn12. The zero-order chi connectivity index (χ0) is 12.0. The fourth-order valence-electron chi connectivity index (χ4n) is 2.43. The second-order valence-corrected chi connectivity index (χ2v) is 5.35. The summed E-state index contributed by atoms with van der Waals surface area (Å²) >= 11 is 1.45. The van der Waals surface area contributed by atoms with Crippen molar-refractivity contribution >= 4 is 22.3 Å². The van der Waals surface area contributed by atoms with Crippen molar-refractivity contribution in [3.63, 3.8) is 0 Å². The van der Waals surface area contributed by atoms with Gasteiger partial charge in [-0.15, -0.1) is 10.2 Å². The lowest BCUT2D eigenvalue weighted by Crippen LogP contribution is -2.16. The van der Waals surface area contributed by atoms with Crippen LogP contribution in [0.15, 0.2) is 0 Å². The quantitative estimate of drug-likeness (QED) is 0.875. The minimum absolute atomic E-state index is 0.0404. The maximum absolute atomic E-state index is 11.1. The highest BCUT2D eigenvalue weighted by atomic mass is 32.1. The van der Waals surface area contributed by atoms with Crippen LogP contribution in [0.25, 0.3) is 4.96 Å². The van der Waals surface area contributed by atoms with E-state index in [1.54, 1.807) is 4.52 Å². The third kappa shape index (κ3) is 1.61. The number of carbonyl (C=O) groups is 1. The zero-order valence-corrected chi connectivity index (χ0v) is 10.1. The highest BCUT2D eigenvalue weighted by Gasteiger charge is 2.36. The van der Waals surface area contributed by atoms with Crippen LogP contribution in [0.4, 0.5) is 0 Å². The lowest BCUT2D eigenvalue weighted by Gasteiger charge is -2.11. The minimum atomic E-state index is -0.713. The van der Waals surface area contributed by atoms with E-state index in [2.05, 4.69) is 15.3 Å². The molecule has 3 rings (SSSR count). The fraction of sp³-hybridized carbons (Fsp3) is 0.600. The summed E-state index contributed by atoms with van der Waals surface area (Å²) < 4.78 is 1.69. The van der Waals surface area contributed by atoms with E-state index in [-0.39, 0.29) is 11.8 Å². The van der Waals surface area contributed by atoms with Crippen LogP contribution in [0.3, 0.4) is 0 Å². The molecule has 0 saturated heterocycles. The second kappa shape index (κ2) is 3.76. The van der Waals surface area contributed by atoms with Crippen LogP contribution in [0.1, 0.15) is 36.0 Å². The van der Waals surface area contributed by atoms with Gasteiger partial charge in [0.2, 0.25) is 4.96 Å². The molecule has 17 heavy (non-hydrogen) atoms. The Hall–Kier alpha value is -1.50. The molecule has 0 aromatic carbocycles. The lowest BCUT2D eigenvalue weighted by molar-refractivity contribution is -0.142. The topological polar surface area (TPSA) is 80.4 Å². The van der Waals surface area contributed by atoms with Crippen molar-refractivity contribution in [3.05, 3.63) is 10.8 Å². The van der Waals surface area contributed by atoms with Gasteiger partial charge >= 0.3 is 5.97 Å². The summed E-state index contributed by atoms with van der Waals surface area (Å²) in [6, 6.07) is 0. The van der Waals surface area contributed by atoms with E-state index in [0.717, 1.165) is 35.1 Å².